The van der Waals surface area contributed by atoms with Crippen LogP contribution in [0.3, 0.4) is 0 Å². The molecule has 0 heterocycles. The van der Waals surface area contributed by atoms with E-state index >= 15 is 0 Å². The van der Waals surface area contributed by atoms with Crippen molar-refractivity contribution in [2.24, 2.45) is 0 Å². The van der Waals surface area contributed by atoms with E-state index in [1.165, 1.54) is 11.1 Å². The SMILES string of the molecule is Clc1cccc(CC(Br)c2cc(Br)ccc2Br)c1. The summed E-state index contributed by atoms with van der Waals surface area (Å²) in [5, 5.41) is 0.778. The summed E-state index contributed by atoms with van der Waals surface area (Å²) >= 11 is 16.8. The summed E-state index contributed by atoms with van der Waals surface area (Å²) in [4.78, 5) is 0.253. The Morgan fingerprint density at radius 2 is 1.83 bits per heavy atom. The lowest BCUT2D eigenvalue weighted by atomic mass is 10.0. The van der Waals surface area contributed by atoms with Crippen LogP contribution in [0.5, 0.6) is 0 Å². The normalized spacial score (nSPS) is 12.4. The number of halogens is 4. The maximum absolute atomic E-state index is 6.00. The van der Waals surface area contributed by atoms with E-state index in [1.54, 1.807) is 0 Å². The minimum absolute atomic E-state index is 0.253. The molecule has 0 aromatic heterocycles. The van der Waals surface area contributed by atoms with Crippen LogP contribution in [0.25, 0.3) is 0 Å². The van der Waals surface area contributed by atoms with Crippen LogP contribution in [0.4, 0.5) is 0 Å². The maximum atomic E-state index is 6.00. The fourth-order valence-corrected chi connectivity index (χ4v) is 3.91. The zero-order valence-corrected chi connectivity index (χ0v) is 14.9. The van der Waals surface area contributed by atoms with Gasteiger partial charge in [0.1, 0.15) is 0 Å². The van der Waals surface area contributed by atoms with Crippen LogP contribution in [-0.2, 0) is 6.42 Å². The average Bonchev–Trinajstić information content (AvgIpc) is 2.32. The fourth-order valence-electron chi connectivity index (χ4n) is 1.74. The summed E-state index contributed by atoms with van der Waals surface area (Å²) in [6, 6.07) is 14.1. The predicted octanol–water partition coefficient (Wildman–Crippen LogP) is 6.54. The molecule has 0 saturated carbocycles. The van der Waals surface area contributed by atoms with Gasteiger partial charge in [0.15, 0.2) is 0 Å². The van der Waals surface area contributed by atoms with Crippen LogP contribution >= 0.6 is 59.4 Å². The summed E-state index contributed by atoms with van der Waals surface area (Å²) in [6.45, 7) is 0. The predicted molar refractivity (Wildman–Crippen MR) is 88.7 cm³/mol. The Bertz CT molecular complexity index is 554. The van der Waals surface area contributed by atoms with Crippen LogP contribution in [-0.4, -0.2) is 0 Å². The molecule has 0 radical (unpaired) electrons. The Kier molecular flexibility index (Phi) is 5.31. The van der Waals surface area contributed by atoms with Crippen LogP contribution in [0.1, 0.15) is 16.0 Å². The maximum Gasteiger partial charge on any atom is 0.0447 e. The molecule has 0 fully saturated rings. The summed E-state index contributed by atoms with van der Waals surface area (Å²) in [7, 11) is 0. The second kappa shape index (κ2) is 6.56. The average molecular weight is 453 g/mol. The summed E-state index contributed by atoms with van der Waals surface area (Å²) < 4.78 is 2.19. The summed E-state index contributed by atoms with van der Waals surface area (Å²) in [5.41, 5.74) is 2.45. The zero-order chi connectivity index (χ0) is 13.1. The van der Waals surface area contributed by atoms with E-state index in [1.807, 2.05) is 30.3 Å². The third-order valence-electron chi connectivity index (χ3n) is 2.60. The van der Waals surface area contributed by atoms with Gasteiger partial charge in [0, 0.05) is 18.8 Å². The van der Waals surface area contributed by atoms with Gasteiger partial charge < -0.3 is 0 Å². The van der Waals surface area contributed by atoms with E-state index in [2.05, 4.69) is 59.9 Å². The van der Waals surface area contributed by atoms with Gasteiger partial charge in [-0.1, -0.05) is 71.5 Å². The molecule has 18 heavy (non-hydrogen) atoms. The van der Waals surface area contributed by atoms with Gasteiger partial charge in [-0.2, -0.15) is 0 Å². The van der Waals surface area contributed by atoms with Gasteiger partial charge in [-0.3, -0.25) is 0 Å². The molecule has 0 spiro atoms. The van der Waals surface area contributed by atoms with Crippen molar-refractivity contribution in [3.63, 3.8) is 0 Å². The standard InChI is InChI=1S/C14H10Br3Cl/c15-10-4-5-13(16)12(8-10)14(17)7-9-2-1-3-11(18)6-9/h1-6,8,14H,7H2. The van der Waals surface area contributed by atoms with Crippen molar-refractivity contribution in [2.75, 3.05) is 0 Å². The highest BCUT2D eigenvalue weighted by Gasteiger charge is 2.12. The molecular formula is C14H10Br3Cl. The Hall–Kier alpha value is 0.170. The van der Waals surface area contributed by atoms with Crippen LogP contribution in [0.15, 0.2) is 51.4 Å². The molecule has 0 amide bonds. The van der Waals surface area contributed by atoms with E-state index in [9.17, 15) is 0 Å². The van der Waals surface area contributed by atoms with E-state index < -0.39 is 0 Å². The van der Waals surface area contributed by atoms with Gasteiger partial charge in [-0.05, 0) is 47.9 Å². The van der Waals surface area contributed by atoms with Crippen molar-refractivity contribution in [1.29, 1.82) is 0 Å². The quantitative estimate of drug-likeness (QED) is 0.463. The number of rotatable bonds is 3. The molecule has 0 nitrogen and oxygen atoms in total. The fraction of sp³-hybridized carbons (Fsp3) is 0.143. The minimum atomic E-state index is 0.253. The Morgan fingerprint density at radius 1 is 1.06 bits per heavy atom. The largest absolute Gasteiger partial charge is 0.0843 e. The van der Waals surface area contributed by atoms with Crippen molar-refractivity contribution < 1.29 is 0 Å². The first kappa shape index (κ1) is 14.6. The number of hydrogen-bond donors (Lipinski definition) is 0. The van der Waals surface area contributed by atoms with Crippen LogP contribution in [0.2, 0.25) is 5.02 Å². The molecule has 94 valence electrons. The van der Waals surface area contributed by atoms with Gasteiger partial charge in [-0.25, -0.2) is 0 Å². The smallest absolute Gasteiger partial charge is 0.0447 e. The molecule has 1 atom stereocenters. The first-order valence-corrected chi connectivity index (χ1v) is 8.27. The highest BCUT2D eigenvalue weighted by Crippen LogP contribution is 2.34. The minimum Gasteiger partial charge on any atom is -0.0843 e. The molecule has 0 bridgehead atoms. The lowest BCUT2D eigenvalue weighted by Crippen LogP contribution is -1.96. The van der Waals surface area contributed by atoms with Gasteiger partial charge in [-0.15, -0.1) is 0 Å². The van der Waals surface area contributed by atoms with Crippen molar-refractivity contribution in [1.82, 2.24) is 0 Å². The molecule has 2 rings (SSSR count). The highest BCUT2D eigenvalue weighted by atomic mass is 79.9. The first-order chi connectivity index (χ1) is 8.56. The van der Waals surface area contributed by atoms with Gasteiger partial charge in [0.05, 0.1) is 0 Å². The summed E-state index contributed by atoms with van der Waals surface area (Å²) in [5.74, 6) is 0. The number of hydrogen-bond acceptors (Lipinski definition) is 0. The molecule has 2 aromatic carbocycles. The monoisotopic (exact) mass is 450 g/mol. The van der Waals surface area contributed by atoms with Crippen molar-refractivity contribution in [3.8, 4) is 0 Å². The first-order valence-electron chi connectivity index (χ1n) is 5.40. The molecule has 0 N–H and O–H groups in total. The molecule has 0 aliphatic heterocycles. The number of alkyl halides is 1. The summed E-state index contributed by atoms with van der Waals surface area (Å²) in [6.07, 6.45) is 0.898. The lowest BCUT2D eigenvalue weighted by Gasteiger charge is -2.13. The number of benzene rings is 2. The third kappa shape index (κ3) is 3.83. The second-order valence-corrected chi connectivity index (χ2v) is 7.28. The molecule has 1 unspecified atom stereocenters. The van der Waals surface area contributed by atoms with E-state index in [0.717, 1.165) is 20.4 Å². The van der Waals surface area contributed by atoms with Crippen LogP contribution < -0.4 is 0 Å². The molecule has 0 aliphatic rings. The third-order valence-corrected chi connectivity index (χ3v) is 4.87. The van der Waals surface area contributed by atoms with E-state index in [-0.39, 0.29) is 4.83 Å². The van der Waals surface area contributed by atoms with Crippen molar-refractivity contribution in [3.05, 3.63) is 67.6 Å². The molecule has 0 aliphatic carbocycles. The Labute approximate surface area is 137 Å². The topological polar surface area (TPSA) is 0 Å². The van der Waals surface area contributed by atoms with Crippen molar-refractivity contribution >= 4 is 59.4 Å². The molecular weight excluding hydrogens is 443 g/mol. The Morgan fingerprint density at radius 3 is 2.56 bits per heavy atom. The Balaban J connectivity index is 2.21. The van der Waals surface area contributed by atoms with Gasteiger partial charge >= 0.3 is 0 Å². The van der Waals surface area contributed by atoms with Gasteiger partial charge in [0.25, 0.3) is 0 Å². The molecule has 2 aromatic rings. The van der Waals surface area contributed by atoms with Crippen LogP contribution in [0, 0.1) is 0 Å². The van der Waals surface area contributed by atoms with E-state index in [4.69, 9.17) is 11.6 Å². The molecule has 4 heteroatoms. The van der Waals surface area contributed by atoms with Crippen molar-refractivity contribution in [2.45, 2.75) is 11.2 Å². The lowest BCUT2D eigenvalue weighted by molar-refractivity contribution is 0.942. The zero-order valence-electron chi connectivity index (χ0n) is 9.34. The second-order valence-electron chi connectivity index (χ2n) is 3.97. The molecule has 0 saturated heterocycles. The highest BCUT2D eigenvalue weighted by molar-refractivity contribution is 9.11. The van der Waals surface area contributed by atoms with E-state index in [0.29, 0.717) is 0 Å². The van der Waals surface area contributed by atoms with Gasteiger partial charge in [0.2, 0.25) is 0 Å².